The maximum absolute atomic E-state index is 5.30. The minimum atomic E-state index is 0.116. The fraction of sp³-hybridized carbons (Fsp3) is 0.286. The summed E-state index contributed by atoms with van der Waals surface area (Å²) in [6, 6.07) is 5.97. The summed E-state index contributed by atoms with van der Waals surface area (Å²) in [6.07, 6.45) is 4.99. The van der Waals surface area contributed by atoms with Crippen LogP contribution in [0.25, 0.3) is 0 Å². The summed E-state index contributed by atoms with van der Waals surface area (Å²) in [4.78, 5) is 7.95. The Bertz CT molecular complexity index is 531. The SMILES string of the molecule is COc1ccc(C(C)Nc2cncnc2)cc1OC. The first kappa shape index (κ1) is 13.1. The molecule has 0 radical (unpaired) electrons. The summed E-state index contributed by atoms with van der Waals surface area (Å²) in [6.45, 7) is 2.06. The van der Waals surface area contributed by atoms with Crippen LogP contribution in [0.15, 0.2) is 36.9 Å². The van der Waals surface area contributed by atoms with E-state index in [1.54, 1.807) is 26.6 Å². The molecule has 19 heavy (non-hydrogen) atoms. The van der Waals surface area contributed by atoms with Crippen LogP contribution in [-0.2, 0) is 0 Å². The van der Waals surface area contributed by atoms with Crippen molar-refractivity contribution in [3.8, 4) is 11.5 Å². The average Bonchev–Trinajstić information content (AvgIpc) is 2.47. The molecule has 0 aliphatic heterocycles. The molecule has 0 spiro atoms. The molecule has 1 atom stereocenters. The number of anilines is 1. The van der Waals surface area contributed by atoms with Crippen molar-refractivity contribution in [1.82, 2.24) is 9.97 Å². The second kappa shape index (κ2) is 6.04. The predicted molar refractivity (Wildman–Crippen MR) is 73.6 cm³/mol. The van der Waals surface area contributed by atoms with Gasteiger partial charge >= 0.3 is 0 Å². The second-order valence-corrected chi connectivity index (χ2v) is 4.11. The molecule has 1 unspecified atom stereocenters. The van der Waals surface area contributed by atoms with Crippen molar-refractivity contribution >= 4 is 5.69 Å². The lowest BCUT2D eigenvalue weighted by atomic mass is 10.1. The molecule has 0 aliphatic rings. The molecule has 100 valence electrons. The first-order valence-corrected chi connectivity index (χ1v) is 5.98. The molecular formula is C14H17N3O2. The lowest BCUT2D eigenvalue weighted by molar-refractivity contribution is 0.354. The van der Waals surface area contributed by atoms with E-state index in [4.69, 9.17) is 9.47 Å². The Morgan fingerprint density at radius 3 is 2.37 bits per heavy atom. The van der Waals surface area contributed by atoms with Crippen LogP contribution in [0.4, 0.5) is 5.69 Å². The first-order chi connectivity index (χ1) is 9.24. The summed E-state index contributed by atoms with van der Waals surface area (Å²) in [5, 5.41) is 3.33. The topological polar surface area (TPSA) is 56.3 Å². The number of ether oxygens (including phenoxy) is 2. The molecule has 0 saturated carbocycles. The Morgan fingerprint density at radius 1 is 1.05 bits per heavy atom. The van der Waals surface area contributed by atoms with Crippen LogP contribution in [0, 0.1) is 0 Å². The van der Waals surface area contributed by atoms with Crippen LogP contribution in [-0.4, -0.2) is 24.2 Å². The minimum Gasteiger partial charge on any atom is -0.493 e. The fourth-order valence-electron chi connectivity index (χ4n) is 1.83. The summed E-state index contributed by atoms with van der Waals surface area (Å²) in [5.74, 6) is 1.44. The van der Waals surface area contributed by atoms with Gasteiger partial charge in [-0.15, -0.1) is 0 Å². The maximum atomic E-state index is 5.30. The molecule has 0 fully saturated rings. The van der Waals surface area contributed by atoms with Crippen LogP contribution in [0.1, 0.15) is 18.5 Å². The van der Waals surface area contributed by atoms with Crippen LogP contribution in [0.2, 0.25) is 0 Å². The molecule has 5 heteroatoms. The smallest absolute Gasteiger partial charge is 0.161 e. The van der Waals surface area contributed by atoms with Gasteiger partial charge in [0.2, 0.25) is 0 Å². The van der Waals surface area contributed by atoms with E-state index in [2.05, 4.69) is 22.2 Å². The number of rotatable bonds is 5. The molecule has 1 heterocycles. The summed E-state index contributed by atoms with van der Waals surface area (Å²) in [7, 11) is 3.26. The van der Waals surface area contributed by atoms with Crippen molar-refractivity contribution in [2.75, 3.05) is 19.5 Å². The van der Waals surface area contributed by atoms with Crippen LogP contribution in [0.5, 0.6) is 11.5 Å². The highest BCUT2D eigenvalue weighted by atomic mass is 16.5. The molecule has 0 amide bonds. The second-order valence-electron chi connectivity index (χ2n) is 4.11. The van der Waals surface area contributed by atoms with Gasteiger partial charge in [0.05, 0.1) is 32.3 Å². The third kappa shape index (κ3) is 3.13. The highest BCUT2D eigenvalue weighted by Gasteiger charge is 2.10. The van der Waals surface area contributed by atoms with E-state index < -0.39 is 0 Å². The number of methoxy groups -OCH3 is 2. The van der Waals surface area contributed by atoms with E-state index in [1.165, 1.54) is 6.33 Å². The first-order valence-electron chi connectivity index (χ1n) is 5.98. The third-order valence-corrected chi connectivity index (χ3v) is 2.85. The van der Waals surface area contributed by atoms with E-state index >= 15 is 0 Å². The Kier molecular flexibility index (Phi) is 4.18. The Morgan fingerprint density at radius 2 is 1.74 bits per heavy atom. The van der Waals surface area contributed by atoms with Crippen molar-refractivity contribution < 1.29 is 9.47 Å². The largest absolute Gasteiger partial charge is 0.493 e. The van der Waals surface area contributed by atoms with E-state index in [1.807, 2.05) is 18.2 Å². The van der Waals surface area contributed by atoms with Crippen molar-refractivity contribution in [3.05, 3.63) is 42.5 Å². The van der Waals surface area contributed by atoms with Gasteiger partial charge in [0, 0.05) is 6.04 Å². The molecular weight excluding hydrogens is 242 g/mol. The highest BCUT2D eigenvalue weighted by Crippen LogP contribution is 2.30. The van der Waals surface area contributed by atoms with E-state index in [0.717, 1.165) is 22.7 Å². The zero-order valence-corrected chi connectivity index (χ0v) is 11.3. The van der Waals surface area contributed by atoms with E-state index in [0.29, 0.717) is 0 Å². The van der Waals surface area contributed by atoms with Gasteiger partial charge in [0.25, 0.3) is 0 Å². The van der Waals surface area contributed by atoms with Crippen molar-refractivity contribution in [3.63, 3.8) is 0 Å². The van der Waals surface area contributed by atoms with Gasteiger partial charge in [-0.3, -0.25) is 0 Å². The van der Waals surface area contributed by atoms with Gasteiger partial charge in [-0.2, -0.15) is 0 Å². The van der Waals surface area contributed by atoms with Crippen molar-refractivity contribution in [2.24, 2.45) is 0 Å². The Balaban J connectivity index is 2.17. The summed E-state index contributed by atoms with van der Waals surface area (Å²) >= 11 is 0. The Hall–Kier alpha value is -2.30. The lowest BCUT2D eigenvalue weighted by Gasteiger charge is -2.17. The normalized spacial score (nSPS) is 11.7. The summed E-state index contributed by atoms with van der Waals surface area (Å²) in [5.41, 5.74) is 1.98. The van der Waals surface area contributed by atoms with E-state index in [-0.39, 0.29) is 6.04 Å². The standard InChI is InChI=1S/C14H17N3O2/c1-10(17-12-7-15-9-16-8-12)11-4-5-13(18-2)14(6-11)19-3/h4-10,17H,1-3H3. The zero-order chi connectivity index (χ0) is 13.7. The molecule has 0 bridgehead atoms. The summed E-state index contributed by atoms with van der Waals surface area (Å²) < 4.78 is 10.5. The number of nitrogens with one attached hydrogen (secondary N) is 1. The van der Waals surface area contributed by atoms with Gasteiger partial charge in [0.1, 0.15) is 6.33 Å². The van der Waals surface area contributed by atoms with Gasteiger partial charge in [-0.25, -0.2) is 9.97 Å². The number of hydrogen-bond acceptors (Lipinski definition) is 5. The molecule has 1 aromatic heterocycles. The monoisotopic (exact) mass is 259 g/mol. The zero-order valence-electron chi connectivity index (χ0n) is 11.3. The number of aromatic nitrogens is 2. The Labute approximate surface area is 112 Å². The van der Waals surface area contributed by atoms with Crippen LogP contribution >= 0.6 is 0 Å². The van der Waals surface area contributed by atoms with E-state index in [9.17, 15) is 0 Å². The highest BCUT2D eigenvalue weighted by molar-refractivity contribution is 5.46. The fourth-order valence-corrected chi connectivity index (χ4v) is 1.83. The minimum absolute atomic E-state index is 0.116. The quantitative estimate of drug-likeness (QED) is 0.894. The molecule has 1 N–H and O–H groups in total. The van der Waals surface area contributed by atoms with Crippen molar-refractivity contribution in [2.45, 2.75) is 13.0 Å². The third-order valence-electron chi connectivity index (χ3n) is 2.85. The molecule has 5 nitrogen and oxygen atoms in total. The molecule has 2 aromatic rings. The molecule has 0 aliphatic carbocycles. The van der Waals surface area contributed by atoms with Gasteiger partial charge < -0.3 is 14.8 Å². The van der Waals surface area contributed by atoms with Crippen LogP contribution < -0.4 is 14.8 Å². The lowest BCUT2D eigenvalue weighted by Crippen LogP contribution is -2.07. The average molecular weight is 259 g/mol. The van der Waals surface area contributed by atoms with Crippen LogP contribution in [0.3, 0.4) is 0 Å². The van der Waals surface area contributed by atoms with Crippen molar-refractivity contribution in [1.29, 1.82) is 0 Å². The molecule has 2 rings (SSSR count). The predicted octanol–water partition coefficient (Wildman–Crippen LogP) is 2.67. The van der Waals surface area contributed by atoms with Gasteiger partial charge in [-0.1, -0.05) is 6.07 Å². The van der Waals surface area contributed by atoms with Gasteiger partial charge in [-0.05, 0) is 24.6 Å². The molecule has 0 saturated heterocycles. The maximum Gasteiger partial charge on any atom is 0.161 e. The molecule has 1 aromatic carbocycles. The van der Waals surface area contributed by atoms with Gasteiger partial charge in [0.15, 0.2) is 11.5 Å². The number of benzene rings is 1. The number of hydrogen-bond donors (Lipinski definition) is 1. The number of nitrogens with zero attached hydrogens (tertiary/aromatic N) is 2.